The lowest BCUT2D eigenvalue weighted by atomic mass is 9.99. The molecule has 4 aromatic carbocycles. The van der Waals surface area contributed by atoms with E-state index in [0.29, 0.717) is 27.8 Å². The third-order valence-electron chi connectivity index (χ3n) is 5.33. The van der Waals surface area contributed by atoms with E-state index in [0.717, 1.165) is 16.9 Å². The third-order valence-corrected chi connectivity index (χ3v) is 5.58. The molecule has 35 heavy (non-hydrogen) atoms. The second-order valence-corrected chi connectivity index (χ2v) is 8.11. The van der Waals surface area contributed by atoms with Gasteiger partial charge in [-0.3, -0.25) is 0 Å². The highest BCUT2D eigenvalue weighted by Crippen LogP contribution is 2.28. The maximum absolute atomic E-state index is 11.8. The van der Waals surface area contributed by atoms with Gasteiger partial charge in [0.1, 0.15) is 24.3 Å². The molecule has 0 aliphatic rings. The Labute approximate surface area is 208 Å². The van der Waals surface area contributed by atoms with Crippen molar-refractivity contribution >= 4 is 34.7 Å². The summed E-state index contributed by atoms with van der Waals surface area (Å²) in [6.45, 7) is 0. The van der Waals surface area contributed by atoms with Crippen LogP contribution in [0.1, 0.15) is 21.5 Å². The lowest BCUT2D eigenvalue weighted by Gasteiger charge is -2.20. The van der Waals surface area contributed by atoms with Crippen LogP contribution in [0.15, 0.2) is 102 Å². The van der Waals surface area contributed by atoms with Gasteiger partial charge < -0.3 is 19.6 Å². The van der Waals surface area contributed by atoms with Crippen molar-refractivity contribution in [1.29, 1.82) is 0 Å². The number of aromatic carboxylic acids is 1. The summed E-state index contributed by atoms with van der Waals surface area (Å²) in [5, 5.41) is 14.5. The normalized spacial score (nSPS) is 11.1. The largest absolute Gasteiger partial charge is 0.478 e. The van der Waals surface area contributed by atoms with Gasteiger partial charge in [0, 0.05) is 34.6 Å². The highest BCUT2D eigenvalue weighted by atomic mass is 35.5. The fourth-order valence-corrected chi connectivity index (χ4v) is 3.69. The number of carboxylic acid groups (broad SMARTS) is 1. The smallest absolute Gasteiger partial charge is 0.335 e. The lowest BCUT2D eigenvalue weighted by Crippen LogP contribution is -2.10. The van der Waals surface area contributed by atoms with Crippen molar-refractivity contribution in [2.45, 2.75) is 0 Å². The topological polar surface area (TPSA) is 71.4 Å². The summed E-state index contributed by atoms with van der Waals surface area (Å²) in [6, 6.07) is 29.2. The van der Waals surface area contributed by atoms with Crippen molar-refractivity contribution in [3.63, 3.8) is 0 Å². The number of ether oxygens (including phenoxy) is 1. The molecule has 1 N–H and O–H groups in total. The van der Waals surface area contributed by atoms with E-state index in [-0.39, 0.29) is 5.56 Å². The predicted molar refractivity (Wildman–Crippen MR) is 139 cm³/mol. The Morgan fingerprint density at radius 1 is 0.800 bits per heavy atom. The van der Waals surface area contributed by atoms with E-state index >= 15 is 0 Å². The quantitative estimate of drug-likeness (QED) is 0.214. The Morgan fingerprint density at radius 3 is 2.00 bits per heavy atom. The van der Waals surface area contributed by atoms with Crippen molar-refractivity contribution < 1.29 is 19.5 Å². The van der Waals surface area contributed by atoms with Gasteiger partial charge in [0.2, 0.25) is 0 Å². The Morgan fingerprint density at radius 2 is 1.40 bits per heavy atom. The van der Waals surface area contributed by atoms with Crippen molar-refractivity contribution in [2.24, 2.45) is 5.16 Å². The number of hydrogen-bond acceptors (Lipinski definition) is 5. The lowest BCUT2D eigenvalue weighted by molar-refractivity contribution is 0.0696. The summed E-state index contributed by atoms with van der Waals surface area (Å²) >= 11 is 6.00. The van der Waals surface area contributed by atoms with Gasteiger partial charge in [-0.15, -0.1) is 0 Å². The van der Waals surface area contributed by atoms with E-state index in [1.54, 1.807) is 24.3 Å². The van der Waals surface area contributed by atoms with Crippen LogP contribution in [0.5, 0.6) is 11.5 Å². The molecule has 0 unspecified atom stereocenters. The van der Waals surface area contributed by atoms with Gasteiger partial charge in [-0.1, -0.05) is 47.1 Å². The number of carboxylic acids is 1. The second-order valence-electron chi connectivity index (χ2n) is 7.67. The van der Waals surface area contributed by atoms with E-state index < -0.39 is 5.97 Å². The van der Waals surface area contributed by atoms with Crippen molar-refractivity contribution in [1.82, 2.24) is 0 Å². The summed E-state index contributed by atoms with van der Waals surface area (Å²) in [5.74, 6) is -0.0868. The molecule has 0 heterocycles. The Hall–Kier alpha value is -4.29. The monoisotopic (exact) mass is 486 g/mol. The number of benzene rings is 4. The molecule has 0 fully saturated rings. The van der Waals surface area contributed by atoms with E-state index in [2.05, 4.69) is 5.16 Å². The molecule has 0 saturated carbocycles. The first kappa shape index (κ1) is 23.9. The van der Waals surface area contributed by atoms with Crippen LogP contribution in [0.2, 0.25) is 5.02 Å². The molecule has 0 aliphatic carbocycles. The molecular formula is C28H23ClN2O4. The standard InChI is InChI=1S/C28H23ClN2O4/c1-31(24-14-10-22(29)11-15-24)23-12-8-19(9-13-23)27(30-34-2)20-16-21(28(32)33)18-26(17-20)35-25-6-4-3-5-7-25/h3-18H,1-2H3,(H,32,33)/b30-27-. The summed E-state index contributed by atoms with van der Waals surface area (Å²) in [4.78, 5) is 18.9. The van der Waals surface area contributed by atoms with Crippen molar-refractivity contribution in [2.75, 3.05) is 19.1 Å². The molecule has 4 rings (SSSR count). The fourth-order valence-electron chi connectivity index (χ4n) is 3.56. The zero-order valence-electron chi connectivity index (χ0n) is 19.2. The number of oxime groups is 1. The molecule has 0 amide bonds. The first-order valence-corrected chi connectivity index (χ1v) is 11.1. The van der Waals surface area contributed by atoms with Crippen LogP contribution in [-0.2, 0) is 4.84 Å². The number of para-hydroxylation sites is 1. The summed E-state index contributed by atoms with van der Waals surface area (Å²) < 4.78 is 5.91. The Kier molecular flexibility index (Phi) is 7.33. The molecule has 0 aromatic heterocycles. The predicted octanol–water partition coefficient (Wildman–Crippen LogP) is 7.00. The zero-order chi connectivity index (χ0) is 24.8. The van der Waals surface area contributed by atoms with Crippen LogP contribution < -0.4 is 9.64 Å². The minimum Gasteiger partial charge on any atom is -0.478 e. The number of rotatable bonds is 8. The molecular weight excluding hydrogens is 464 g/mol. The maximum Gasteiger partial charge on any atom is 0.335 e. The number of hydrogen-bond donors (Lipinski definition) is 1. The van der Waals surface area contributed by atoms with Gasteiger partial charge in [-0.05, 0) is 66.7 Å². The summed E-state index contributed by atoms with van der Waals surface area (Å²) in [7, 11) is 3.41. The van der Waals surface area contributed by atoms with Gasteiger partial charge in [-0.2, -0.15) is 0 Å². The minimum absolute atomic E-state index is 0.0799. The van der Waals surface area contributed by atoms with Crippen LogP contribution in [0.25, 0.3) is 0 Å². The molecule has 0 bridgehead atoms. The summed E-state index contributed by atoms with van der Waals surface area (Å²) in [5.41, 5.74) is 3.82. The van der Waals surface area contributed by atoms with E-state index in [1.807, 2.05) is 78.7 Å². The zero-order valence-corrected chi connectivity index (χ0v) is 19.9. The van der Waals surface area contributed by atoms with Crippen LogP contribution in [0, 0.1) is 0 Å². The average molecular weight is 487 g/mol. The van der Waals surface area contributed by atoms with Gasteiger partial charge in [0.25, 0.3) is 0 Å². The number of nitrogens with zero attached hydrogens (tertiary/aromatic N) is 2. The molecule has 6 nitrogen and oxygen atoms in total. The summed E-state index contributed by atoms with van der Waals surface area (Å²) in [6.07, 6.45) is 0. The first-order valence-electron chi connectivity index (χ1n) is 10.8. The number of halogens is 1. The van der Waals surface area contributed by atoms with E-state index in [1.165, 1.54) is 13.2 Å². The van der Waals surface area contributed by atoms with Gasteiger partial charge in [-0.25, -0.2) is 4.79 Å². The minimum atomic E-state index is -1.07. The van der Waals surface area contributed by atoms with E-state index in [9.17, 15) is 9.90 Å². The molecule has 176 valence electrons. The Bertz CT molecular complexity index is 1340. The Balaban J connectivity index is 1.68. The number of carbonyl (C=O) groups is 1. The van der Waals surface area contributed by atoms with Crippen LogP contribution in [0.3, 0.4) is 0 Å². The van der Waals surface area contributed by atoms with Gasteiger partial charge >= 0.3 is 5.97 Å². The third kappa shape index (κ3) is 5.80. The van der Waals surface area contributed by atoms with Gasteiger partial charge in [0.15, 0.2) is 0 Å². The maximum atomic E-state index is 11.8. The van der Waals surface area contributed by atoms with Crippen LogP contribution in [0.4, 0.5) is 11.4 Å². The highest BCUT2D eigenvalue weighted by Gasteiger charge is 2.15. The second kappa shape index (κ2) is 10.8. The molecule has 4 aromatic rings. The fraction of sp³-hybridized carbons (Fsp3) is 0.0714. The van der Waals surface area contributed by atoms with Crippen molar-refractivity contribution in [3.05, 3.63) is 119 Å². The van der Waals surface area contributed by atoms with Crippen molar-refractivity contribution in [3.8, 4) is 11.5 Å². The molecule has 7 heteroatoms. The average Bonchev–Trinajstić information content (AvgIpc) is 2.88. The SMILES string of the molecule is CO/N=C(/c1ccc(N(C)c2ccc(Cl)cc2)cc1)c1cc(Oc2ccccc2)cc(C(=O)O)c1. The molecule has 0 atom stereocenters. The highest BCUT2D eigenvalue weighted by molar-refractivity contribution is 6.30. The molecule has 0 spiro atoms. The van der Waals surface area contributed by atoms with E-state index in [4.69, 9.17) is 21.2 Å². The van der Waals surface area contributed by atoms with Crippen LogP contribution in [-0.4, -0.2) is 30.9 Å². The molecule has 0 radical (unpaired) electrons. The van der Waals surface area contributed by atoms with Gasteiger partial charge in [0.05, 0.1) is 5.56 Å². The molecule has 0 saturated heterocycles. The molecule has 0 aliphatic heterocycles. The van der Waals surface area contributed by atoms with Crippen LogP contribution >= 0.6 is 11.6 Å². The first-order chi connectivity index (χ1) is 16.9. The number of anilines is 2.